The molecular formula is C22H24ClFN4O6S. The third-order valence-corrected chi connectivity index (χ3v) is 5.94. The molecule has 0 saturated carbocycles. The molecule has 35 heavy (non-hydrogen) atoms. The van der Waals surface area contributed by atoms with Gasteiger partial charge in [0.05, 0.1) is 27.6 Å². The number of nitrogens with zero attached hydrogens (tertiary/aromatic N) is 1. The van der Waals surface area contributed by atoms with Crippen LogP contribution in [0.2, 0.25) is 4.34 Å². The molecule has 1 saturated heterocycles. The number of carbonyl (C=O) groups excluding carboxylic acids is 4. The molecular weight excluding hydrogens is 503 g/mol. The predicted octanol–water partition coefficient (Wildman–Crippen LogP) is 2.78. The van der Waals surface area contributed by atoms with Crippen molar-refractivity contribution in [2.75, 3.05) is 36.5 Å². The van der Waals surface area contributed by atoms with Gasteiger partial charge in [-0.3, -0.25) is 14.4 Å². The van der Waals surface area contributed by atoms with Crippen molar-refractivity contribution in [1.82, 2.24) is 10.6 Å². The molecule has 13 heteroatoms. The number of benzene rings is 1. The van der Waals surface area contributed by atoms with Crippen LogP contribution < -0.4 is 20.9 Å². The van der Waals surface area contributed by atoms with E-state index < -0.39 is 35.9 Å². The first-order valence-corrected chi connectivity index (χ1v) is 11.8. The number of amides is 4. The van der Waals surface area contributed by atoms with E-state index in [-0.39, 0.29) is 43.6 Å². The topological polar surface area (TPSA) is 126 Å². The number of halogens is 2. The summed E-state index contributed by atoms with van der Waals surface area (Å²) in [4.78, 5) is 50.9. The van der Waals surface area contributed by atoms with Crippen molar-refractivity contribution in [2.24, 2.45) is 0 Å². The Balaban J connectivity index is 1.69. The van der Waals surface area contributed by atoms with Crippen molar-refractivity contribution < 1.29 is 33.0 Å². The maximum absolute atomic E-state index is 14.7. The SMILES string of the molecule is CC(C)OC(=O)N[C@H](CNC(=O)c1ccc(Cl)s1)C(=O)Nc1ccc(N2CCOCC2=O)c(F)c1. The Hall–Kier alpha value is -3.22. The van der Waals surface area contributed by atoms with Crippen molar-refractivity contribution in [3.8, 4) is 0 Å². The fourth-order valence-electron chi connectivity index (χ4n) is 3.12. The highest BCUT2D eigenvalue weighted by Gasteiger charge is 2.26. The molecule has 2 aromatic rings. The van der Waals surface area contributed by atoms with E-state index in [1.165, 1.54) is 23.1 Å². The Kier molecular flexibility index (Phi) is 9.01. The van der Waals surface area contributed by atoms with Gasteiger partial charge in [0.15, 0.2) is 0 Å². The summed E-state index contributed by atoms with van der Waals surface area (Å²) in [6, 6.07) is 5.71. The molecule has 1 aliphatic rings. The van der Waals surface area contributed by atoms with Gasteiger partial charge >= 0.3 is 6.09 Å². The first-order valence-electron chi connectivity index (χ1n) is 10.6. The van der Waals surface area contributed by atoms with E-state index >= 15 is 0 Å². The minimum Gasteiger partial charge on any atom is -0.447 e. The van der Waals surface area contributed by atoms with Crippen LogP contribution >= 0.6 is 22.9 Å². The second kappa shape index (κ2) is 12.0. The maximum atomic E-state index is 14.7. The molecule has 2 heterocycles. The van der Waals surface area contributed by atoms with Gasteiger partial charge in [-0.05, 0) is 44.2 Å². The second-order valence-corrected chi connectivity index (χ2v) is 9.43. The summed E-state index contributed by atoms with van der Waals surface area (Å²) in [7, 11) is 0. The van der Waals surface area contributed by atoms with Crippen LogP contribution in [0, 0.1) is 5.82 Å². The third kappa shape index (κ3) is 7.38. The van der Waals surface area contributed by atoms with Crippen LogP contribution in [0.3, 0.4) is 0 Å². The highest BCUT2D eigenvalue weighted by Crippen LogP contribution is 2.24. The molecule has 1 aromatic heterocycles. The number of ether oxygens (including phenoxy) is 2. The molecule has 10 nitrogen and oxygen atoms in total. The lowest BCUT2D eigenvalue weighted by Crippen LogP contribution is -2.51. The summed E-state index contributed by atoms with van der Waals surface area (Å²) in [5.74, 6) is -2.29. The monoisotopic (exact) mass is 526 g/mol. The van der Waals surface area contributed by atoms with Gasteiger partial charge in [0.1, 0.15) is 18.5 Å². The Labute approximate surface area is 209 Å². The number of nitrogens with one attached hydrogen (secondary N) is 3. The summed E-state index contributed by atoms with van der Waals surface area (Å²) in [5, 5.41) is 7.45. The van der Waals surface area contributed by atoms with E-state index in [1.807, 2.05) is 0 Å². The van der Waals surface area contributed by atoms with Gasteiger partial charge in [0.2, 0.25) is 5.91 Å². The van der Waals surface area contributed by atoms with Crippen LogP contribution in [-0.2, 0) is 19.1 Å². The van der Waals surface area contributed by atoms with Crippen LogP contribution in [0.4, 0.5) is 20.6 Å². The highest BCUT2D eigenvalue weighted by molar-refractivity contribution is 7.18. The molecule has 0 aliphatic carbocycles. The molecule has 1 aromatic carbocycles. The Morgan fingerprint density at radius 3 is 2.66 bits per heavy atom. The summed E-state index contributed by atoms with van der Waals surface area (Å²) >= 11 is 6.91. The Bertz CT molecular complexity index is 1110. The van der Waals surface area contributed by atoms with Crippen molar-refractivity contribution in [3.05, 3.63) is 45.4 Å². The summed E-state index contributed by atoms with van der Waals surface area (Å²) in [5.41, 5.74) is 0.158. The third-order valence-electron chi connectivity index (χ3n) is 4.71. The van der Waals surface area contributed by atoms with E-state index in [9.17, 15) is 23.6 Å². The number of anilines is 2. The molecule has 1 aliphatic heterocycles. The quantitative estimate of drug-likeness (QED) is 0.485. The molecule has 3 N–H and O–H groups in total. The summed E-state index contributed by atoms with van der Waals surface area (Å²) < 4.78 is 25.2. The first kappa shape index (κ1) is 26.4. The van der Waals surface area contributed by atoms with Crippen LogP contribution in [-0.4, -0.2) is 62.3 Å². The van der Waals surface area contributed by atoms with E-state index in [0.717, 1.165) is 17.4 Å². The molecule has 0 radical (unpaired) electrons. The van der Waals surface area contributed by atoms with E-state index in [0.29, 0.717) is 9.21 Å². The molecule has 188 valence electrons. The smallest absolute Gasteiger partial charge is 0.408 e. The fraction of sp³-hybridized carbons (Fsp3) is 0.364. The maximum Gasteiger partial charge on any atom is 0.408 e. The highest BCUT2D eigenvalue weighted by atomic mass is 35.5. The molecule has 1 atom stereocenters. The van der Waals surface area contributed by atoms with Gasteiger partial charge in [-0.25, -0.2) is 9.18 Å². The van der Waals surface area contributed by atoms with E-state index in [2.05, 4.69) is 16.0 Å². The van der Waals surface area contributed by atoms with Gasteiger partial charge in [-0.15, -0.1) is 11.3 Å². The predicted molar refractivity (Wildman–Crippen MR) is 128 cm³/mol. The van der Waals surface area contributed by atoms with Gasteiger partial charge < -0.3 is 30.3 Å². The van der Waals surface area contributed by atoms with Crippen molar-refractivity contribution in [3.63, 3.8) is 0 Å². The number of hydrogen-bond acceptors (Lipinski definition) is 7. The second-order valence-electron chi connectivity index (χ2n) is 7.72. The Morgan fingerprint density at radius 2 is 2.03 bits per heavy atom. The lowest BCUT2D eigenvalue weighted by Gasteiger charge is -2.27. The normalized spacial score (nSPS) is 14.4. The fourth-order valence-corrected chi connectivity index (χ4v) is 4.08. The van der Waals surface area contributed by atoms with Crippen LogP contribution in [0.5, 0.6) is 0 Å². The minimum atomic E-state index is -1.23. The molecule has 3 rings (SSSR count). The zero-order valence-corrected chi connectivity index (χ0v) is 20.5. The van der Waals surface area contributed by atoms with Crippen LogP contribution in [0.1, 0.15) is 23.5 Å². The molecule has 1 fully saturated rings. The van der Waals surface area contributed by atoms with Gasteiger partial charge in [-0.2, -0.15) is 0 Å². The standard InChI is InChI=1S/C22H24ClFN4O6S/c1-12(2)34-22(32)27-15(10-25-21(31)17-5-6-18(23)35-17)20(30)26-13-3-4-16(14(24)9-13)28-7-8-33-11-19(28)29/h3-6,9,12,15H,7-8,10-11H2,1-2H3,(H,25,31)(H,26,30)(H,27,32)/t15-/m1/s1. The molecule has 4 amide bonds. The summed E-state index contributed by atoms with van der Waals surface area (Å²) in [6.07, 6.45) is -1.30. The van der Waals surface area contributed by atoms with Gasteiger partial charge in [0, 0.05) is 18.8 Å². The van der Waals surface area contributed by atoms with Gasteiger partial charge in [-0.1, -0.05) is 11.6 Å². The van der Waals surface area contributed by atoms with Crippen molar-refractivity contribution >= 4 is 58.1 Å². The number of hydrogen-bond donors (Lipinski definition) is 3. The average Bonchev–Trinajstić information content (AvgIpc) is 3.23. The van der Waals surface area contributed by atoms with E-state index in [1.54, 1.807) is 19.9 Å². The summed E-state index contributed by atoms with van der Waals surface area (Å²) in [6.45, 7) is 3.37. The van der Waals surface area contributed by atoms with Gasteiger partial charge in [0.25, 0.3) is 11.8 Å². The number of thiophene rings is 1. The largest absolute Gasteiger partial charge is 0.447 e. The van der Waals surface area contributed by atoms with Crippen LogP contribution in [0.25, 0.3) is 0 Å². The zero-order chi connectivity index (χ0) is 25.5. The number of alkyl carbamates (subject to hydrolysis) is 1. The minimum absolute atomic E-state index is 0.0633. The number of carbonyl (C=O) groups is 4. The molecule has 0 unspecified atom stereocenters. The van der Waals surface area contributed by atoms with Crippen LogP contribution in [0.15, 0.2) is 30.3 Å². The van der Waals surface area contributed by atoms with E-state index in [4.69, 9.17) is 21.1 Å². The number of morpholine rings is 1. The molecule has 0 spiro atoms. The number of rotatable bonds is 8. The average molecular weight is 527 g/mol. The van der Waals surface area contributed by atoms with Crippen molar-refractivity contribution in [2.45, 2.75) is 26.0 Å². The lowest BCUT2D eigenvalue weighted by atomic mass is 10.2. The Morgan fingerprint density at radius 1 is 1.26 bits per heavy atom. The zero-order valence-electron chi connectivity index (χ0n) is 18.9. The lowest BCUT2D eigenvalue weighted by molar-refractivity contribution is -0.125. The molecule has 0 bridgehead atoms. The van der Waals surface area contributed by atoms with Crippen molar-refractivity contribution in [1.29, 1.82) is 0 Å². The first-order chi connectivity index (χ1) is 16.6.